The highest BCUT2D eigenvalue weighted by Gasteiger charge is 2.36. The van der Waals surface area contributed by atoms with Gasteiger partial charge in [-0.1, -0.05) is 17.7 Å². The number of aromatic amines is 1. The summed E-state index contributed by atoms with van der Waals surface area (Å²) in [6.45, 7) is 0.191. The van der Waals surface area contributed by atoms with E-state index < -0.39 is 10.8 Å². The van der Waals surface area contributed by atoms with Gasteiger partial charge in [0.1, 0.15) is 16.7 Å². The van der Waals surface area contributed by atoms with Crippen LogP contribution in [0, 0.1) is 21.4 Å². The normalized spacial score (nSPS) is 16.1. The third-order valence-electron chi connectivity index (χ3n) is 3.81. The number of fused-ring (bicyclic) bond motifs is 1. The van der Waals surface area contributed by atoms with E-state index in [0.29, 0.717) is 16.8 Å². The van der Waals surface area contributed by atoms with Gasteiger partial charge in [-0.2, -0.15) is 5.26 Å². The molecule has 1 aromatic carbocycles. The first-order valence-corrected chi connectivity index (χ1v) is 7.43. The highest BCUT2D eigenvalue weighted by atomic mass is 35.5. The maximum absolute atomic E-state index is 11.2. The molecule has 2 aromatic rings. The lowest BCUT2D eigenvalue weighted by Gasteiger charge is -2.23. The monoisotopic (exact) mass is 361 g/mol. The number of nitrogens with one attached hydrogen (secondary N) is 1. The molecule has 1 aliphatic heterocycles. The van der Waals surface area contributed by atoms with Crippen LogP contribution in [0.25, 0.3) is 0 Å². The average molecular weight is 362 g/mol. The molecular formula is C15H12ClN5O4. The molecule has 0 aliphatic carbocycles. The van der Waals surface area contributed by atoms with Gasteiger partial charge in [0.05, 0.1) is 28.7 Å². The van der Waals surface area contributed by atoms with Crippen molar-refractivity contribution in [2.24, 2.45) is 5.73 Å². The SMILES string of the molecule is COCc1[nH]nc2c1C(c1ccc(Cl)c([N+](=O)[O-])c1)C(C#N)=C(N)O2. The minimum atomic E-state index is -0.686. The number of benzene rings is 1. The molecule has 0 spiro atoms. The molecule has 10 heteroatoms. The van der Waals surface area contributed by atoms with Crippen molar-refractivity contribution in [1.82, 2.24) is 10.2 Å². The molecule has 1 aliphatic rings. The van der Waals surface area contributed by atoms with Crippen LogP contribution in [0.5, 0.6) is 5.88 Å². The zero-order valence-corrected chi connectivity index (χ0v) is 13.7. The molecule has 3 rings (SSSR count). The molecule has 25 heavy (non-hydrogen) atoms. The second-order valence-electron chi connectivity index (χ2n) is 5.25. The Labute approximate surface area is 146 Å². The highest BCUT2D eigenvalue weighted by molar-refractivity contribution is 6.32. The van der Waals surface area contributed by atoms with E-state index in [2.05, 4.69) is 10.2 Å². The standard InChI is InChI=1S/C15H12ClN5O4/c1-24-6-10-13-12(7-2-3-9(16)11(4-7)21(22)23)8(5-17)14(18)25-15(13)20-19-10/h2-4,12H,6,18H2,1H3,(H,19,20). The Morgan fingerprint density at radius 2 is 2.36 bits per heavy atom. The number of ether oxygens (including phenoxy) is 2. The van der Waals surface area contributed by atoms with Crippen LogP contribution < -0.4 is 10.5 Å². The van der Waals surface area contributed by atoms with Gasteiger partial charge in [-0.15, -0.1) is 5.10 Å². The van der Waals surface area contributed by atoms with Crippen molar-refractivity contribution in [3.8, 4) is 11.9 Å². The number of methoxy groups -OCH3 is 1. The maximum atomic E-state index is 11.2. The maximum Gasteiger partial charge on any atom is 0.288 e. The Morgan fingerprint density at radius 3 is 3.00 bits per heavy atom. The van der Waals surface area contributed by atoms with Gasteiger partial charge >= 0.3 is 0 Å². The number of H-pyrrole nitrogens is 1. The van der Waals surface area contributed by atoms with Crippen molar-refractivity contribution < 1.29 is 14.4 Å². The van der Waals surface area contributed by atoms with Crippen molar-refractivity contribution in [1.29, 1.82) is 5.26 Å². The van der Waals surface area contributed by atoms with Crippen LogP contribution in [0.15, 0.2) is 29.7 Å². The summed E-state index contributed by atoms with van der Waals surface area (Å²) in [5, 5.41) is 27.5. The van der Waals surface area contributed by atoms with Gasteiger partial charge in [-0.25, -0.2) is 0 Å². The quantitative estimate of drug-likeness (QED) is 0.628. The zero-order valence-electron chi connectivity index (χ0n) is 12.9. The van der Waals surface area contributed by atoms with Crippen molar-refractivity contribution in [3.63, 3.8) is 0 Å². The van der Waals surface area contributed by atoms with Gasteiger partial charge in [0.2, 0.25) is 11.8 Å². The summed E-state index contributed by atoms with van der Waals surface area (Å²) in [7, 11) is 1.51. The molecule has 0 saturated carbocycles. The number of nitro benzene ring substituents is 1. The molecular weight excluding hydrogens is 350 g/mol. The molecule has 1 unspecified atom stereocenters. The third kappa shape index (κ3) is 2.77. The van der Waals surface area contributed by atoms with E-state index in [1.54, 1.807) is 6.07 Å². The van der Waals surface area contributed by atoms with Crippen LogP contribution in [0.3, 0.4) is 0 Å². The molecule has 0 fully saturated rings. The van der Waals surface area contributed by atoms with Crippen molar-refractivity contribution in [2.75, 3.05) is 7.11 Å². The fourth-order valence-corrected chi connectivity index (χ4v) is 2.93. The lowest BCUT2D eigenvalue weighted by molar-refractivity contribution is -0.384. The Morgan fingerprint density at radius 1 is 1.60 bits per heavy atom. The molecule has 0 bridgehead atoms. The van der Waals surface area contributed by atoms with E-state index in [4.69, 9.17) is 26.8 Å². The third-order valence-corrected chi connectivity index (χ3v) is 4.13. The van der Waals surface area contributed by atoms with E-state index in [1.165, 1.54) is 19.2 Å². The summed E-state index contributed by atoms with van der Waals surface area (Å²) in [6.07, 6.45) is 0. The molecule has 1 atom stereocenters. The van der Waals surface area contributed by atoms with E-state index in [0.717, 1.165) is 0 Å². The smallest absolute Gasteiger partial charge is 0.288 e. The Hall–Kier alpha value is -3.09. The fraction of sp³-hybridized carbons (Fsp3) is 0.200. The lowest BCUT2D eigenvalue weighted by atomic mass is 9.84. The first-order chi connectivity index (χ1) is 12.0. The second kappa shape index (κ2) is 6.43. The summed E-state index contributed by atoms with van der Waals surface area (Å²) < 4.78 is 10.5. The average Bonchev–Trinajstić information content (AvgIpc) is 2.96. The zero-order chi connectivity index (χ0) is 18.1. The van der Waals surface area contributed by atoms with Gasteiger partial charge in [0, 0.05) is 13.2 Å². The number of halogens is 1. The molecule has 0 amide bonds. The predicted octanol–water partition coefficient (Wildman–Crippen LogP) is 2.34. The fourth-order valence-electron chi connectivity index (χ4n) is 2.75. The van der Waals surface area contributed by atoms with Gasteiger partial charge < -0.3 is 15.2 Å². The minimum absolute atomic E-state index is 0.000741. The number of rotatable bonds is 4. The number of nitrogens with zero attached hydrogens (tertiary/aromatic N) is 3. The van der Waals surface area contributed by atoms with Gasteiger partial charge in [0.15, 0.2) is 0 Å². The summed E-state index contributed by atoms with van der Waals surface area (Å²) in [6, 6.07) is 6.33. The highest BCUT2D eigenvalue weighted by Crippen LogP contribution is 2.44. The van der Waals surface area contributed by atoms with Gasteiger partial charge in [0.25, 0.3) is 5.69 Å². The van der Waals surface area contributed by atoms with E-state index in [-0.39, 0.29) is 34.7 Å². The number of hydrogen-bond donors (Lipinski definition) is 2. The number of nitro groups is 1. The Kier molecular flexibility index (Phi) is 4.31. The molecule has 3 N–H and O–H groups in total. The number of hydrogen-bond acceptors (Lipinski definition) is 7. The first-order valence-electron chi connectivity index (χ1n) is 7.05. The molecule has 9 nitrogen and oxygen atoms in total. The number of allylic oxidation sites excluding steroid dienone is 1. The topological polar surface area (TPSA) is 140 Å². The number of aromatic nitrogens is 2. The van der Waals surface area contributed by atoms with Gasteiger partial charge in [-0.05, 0) is 11.6 Å². The van der Waals surface area contributed by atoms with E-state index in [1.807, 2.05) is 6.07 Å². The van der Waals surface area contributed by atoms with Crippen LogP contribution in [0.1, 0.15) is 22.7 Å². The van der Waals surface area contributed by atoms with Gasteiger partial charge in [-0.3, -0.25) is 15.2 Å². The predicted molar refractivity (Wildman–Crippen MR) is 86.7 cm³/mol. The molecule has 2 heterocycles. The molecule has 0 saturated heterocycles. The van der Waals surface area contributed by atoms with E-state index in [9.17, 15) is 15.4 Å². The summed E-state index contributed by atoms with van der Waals surface area (Å²) in [4.78, 5) is 10.6. The first kappa shape index (κ1) is 16.8. The summed E-state index contributed by atoms with van der Waals surface area (Å²) >= 11 is 5.88. The van der Waals surface area contributed by atoms with Crippen molar-refractivity contribution >= 4 is 17.3 Å². The van der Waals surface area contributed by atoms with Crippen LogP contribution in [-0.4, -0.2) is 22.2 Å². The summed E-state index contributed by atoms with van der Waals surface area (Å²) in [5.74, 6) is -0.590. The van der Waals surface area contributed by atoms with Crippen LogP contribution in [0.2, 0.25) is 5.02 Å². The lowest BCUT2D eigenvalue weighted by Crippen LogP contribution is -2.21. The molecule has 0 radical (unpaired) electrons. The summed E-state index contributed by atoms with van der Waals surface area (Å²) in [5.41, 5.74) is 7.30. The van der Waals surface area contributed by atoms with Crippen LogP contribution in [0.4, 0.5) is 5.69 Å². The number of nitriles is 1. The van der Waals surface area contributed by atoms with Crippen LogP contribution in [-0.2, 0) is 11.3 Å². The van der Waals surface area contributed by atoms with Crippen LogP contribution >= 0.6 is 11.6 Å². The van der Waals surface area contributed by atoms with Crippen molar-refractivity contribution in [2.45, 2.75) is 12.5 Å². The van der Waals surface area contributed by atoms with E-state index >= 15 is 0 Å². The molecule has 1 aromatic heterocycles. The molecule has 128 valence electrons. The Balaban J connectivity index is 2.23. The second-order valence-corrected chi connectivity index (χ2v) is 5.65. The Bertz CT molecular complexity index is 930. The minimum Gasteiger partial charge on any atom is -0.420 e. The largest absolute Gasteiger partial charge is 0.420 e. The van der Waals surface area contributed by atoms with Crippen molar-refractivity contribution in [3.05, 3.63) is 61.6 Å². The number of nitrogens with two attached hydrogens (primary N) is 1.